The van der Waals surface area contributed by atoms with Gasteiger partial charge in [-0.1, -0.05) is 43.7 Å². The van der Waals surface area contributed by atoms with Crippen molar-refractivity contribution >= 4 is 11.9 Å². The fraction of sp³-hybridized carbons (Fsp3) is 0.556. The van der Waals surface area contributed by atoms with Gasteiger partial charge in [-0.15, -0.1) is 0 Å². The highest BCUT2D eigenvalue weighted by Gasteiger charge is 2.20. The summed E-state index contributed by atoms with van der Waals surface area (Å²) in [5, 5.41) is 5.94. The zero-order valence-electron chi connectivity index (χ0n) is 13.9. The first-order chi connectivity index (χ1) is 11.2. The number of nitrogens with zero attached hydrogens (tertiary/aromatic N) is 1. The Morgan fingerprint density at radius 3 is 2.78 bits per heavy atom. The first-order valence-electron chi connectivity index (χ1n) is 8.55. The van der Waals surface area contributed by atoms with Gasteiger partial charge in [0.25, 0.3) is 0 Å². The lowest BCUT2D eigenvalue weighted by molar-refractivity contribution is -0.120. The van der Waals surface area contributed by atoms with Crippen molar-refractivity contribution in [2.45, 2.75) is 45.1 Å². The first-order valence-corrected chi connectivity index (χ1v) is 8.55. The topological polar surface area (TPSA) is 61.4 Å². The maximum atomic E-state index is 12.4. The Hall–Kier alpha value is -2.04. The summed E-state index contributed by atoms with van der Waals surface area (Å²) < 4.78 is 0. The molecule has 23 heavy (non-hydrogen) atoms. The van der Waals surface area contributed by atoms with Gasteiger partial charge >= 0.3 is 6.03 Å². The van der Waals surface area contributed by atoms with Gasteiger partial charge in [-0.3, -0.25) is 4.79 Å². The van der Waals surface area contributed by atoms with Crippen molar-refractivity contribution in [2.24, 2.45) is 0 Å². The predicted molar refractivity (Wildman–Crippen MR) is 91.2 cm³/mol. The average Bonchev–Trinajstić information content (AvgIpc) is 2.78. The van der Waals surface area contributed by atoms with Crippen LogP contribution in [0.4, 0.5) is 4.79 Å². The lowest BCUT2D eigenvalue weighted by Crippen LogP contribution is -2.46. The number of hydrogen-bond acceptors (Lipinski definition) is 2. The molecule has 1 saturated heterocycles. The van der Waals surface area contributed by atoms with E-state index >= 15 is 0 Å². The molecule has 0 unspecified atom stereocenters. The van der Waals surface area contributed by atoms with E-state index in [-0.39, 0.29) is 18.0 Å². The standard InChI is InChI=1S/C18H27N3O2/c1-2-6-16(10-9-15-7-4-3-5-8-15)20-18(23)21-13-11-17(22)19-12-14-21/h3-5,7-8,16H,2,6,9-14H2,1H3,(H,19,22)(H,20,23)/t16-/m0/s1. The molecule has 5 heteroatoms. The summed E-state index contributed by atoms with van der Waals surface area (Å²) in [6.45, 7) is 3.75. The van der Waals surface area contributed by atoms with Crippen LogP contribution in [0.5, 0.6) is 0 Å². The Morgan fingerprint density at radius 2 is 2.04 bits per heavy atom. The molecule has 2 rings (SSSR count). The van der Waals surface area contributed by atoms with Gasteiger partial charge in [-0.25, -0.2) is 4.79 Å². The summed E-state index contributed by atoms with van der Waals surface area (Å²) in [5.41, 5.74) is 1.30. The molecule has 3 amide bonds. The number of amides is 3. The molecule has 1 aromatic rings. The molecule has 1 aliphatic rings. The molecule has 0 bridgehead atoms. The number of benzene rings is 1. The van der Waals surface area contributed by atoms with Gasteiger partial charge in [-0.05, 0) is 24.8 Å². The number of carbonyl (C=O) groups is 2. The third kappa shape index (κ3) is 5.93. The number of urea groups is 1. The molecule has 1 fully saturated rings. The minimum absolute atomic E-state index is 0.0227. The second kappa shape index (κ2) is 9.18. The SMILES string of the molecule is CCC[C@@H](CCc1ccccc1)NC(=O)N1CCNC(=O)CC1. The Bertz CT molecular complexity index is 504. The lowest BCUT2D eigenvalue weighted by Gasteiger charge is -2.25. The van der Waals surface area contributed by atoms with Gasteiger partial charge < -0.3 is 15.5 Å². The Labute approximate surface area is 138 Å². The van der Waals surface area contributed by atoms with Crippen LogP contribution < -0.4 is 10.6 Å². The molecule has 5 nitrogen and oxygen atoms in total. The fourth-order valence-corrected chi connectivity index (χ4v) is 2.86. The van der Waals surface area contributed by atoms with Crippen molar-refractivity contribution in [3.8, 4) is 0 Å². The normalized spacial score (nSPS) is 16.4. The Kier molecular flexibility index (Phi) is 6.91. The van der Waals surface area contributed by atoms with E-state index in [0.29, 0.717) is 26.1 Å². The molecule has 1 atom stereocenters. The second-order valence-electron chi connectivity index (χ2n) is 6.05. The smallest absolute Gasteiger partial charge is 0.317 e. The molecule has 0 spiro atoms. The quantitative estimate of drug-likeness (QED) is 0.846. The third-order valence-electron chi connectivity index (χ3n) is 4.19. The van der Waals surface area contributed by atoms with E-state index in [1.54, 1.807) is 4.90 Å². The molecule has 0 aliphatic carbocycles. The van der Waals surface area contributed by atoms with Crippen molar-refractivity contribution in [3.05, 3.63) is 35.9 Å². The maximum Gasteiger partial charge on any atom is 0.317 e. The summed E-state index contributed by atoms with van der Waals surface area (Å²) in [4.78, 5) is 25.5. The van der Waals surface area contributed by atoms with Crippen LogP contribution in [0.25, 0.3) is 0 Å². The van der Waals surface area contributed by atoms with Gasteiger partial charge in [0.15, 0.2) is 0 Å². The van der Waals surface area contributed by atoms with Gasteiger partial charge in [0.1, 0.15) is 0 Å². The molecule has 0 saturated carbocycles. The van der Waals surface area contributed by atoms with Crippen molar-refractivity contribution in [1.29, 1.82) is 0 Å². The van der Waals surface area contributed by atoms with Crippen molar-refractivity contribution < 1.29 is 9.59 Å². The van der Waals surface area contributed by atoms with E-state index in [0.717, 1.165) is 25.7 Å². The lowest BCUT2D eigenvalue weighted by atomic mass is 10.0. The van der Waals surface area contributed by atoms with Crippen LogP contribution in [-0.2, 0) is 11.2 Å². The maximum absolute atomic E-state index is 12.4. The molecule has 0 radical (unpaired) electrons. The van der Waals surface area contributed by atoms with E-state index in [1.807, 2.05) is 18.2 Å². The molecular weight excluding hydrogens is 290 g/mol. The average molecular weight is 317 g/mol. The molecular formula is C18H27N3O2. The van der Waals surface area contributed by atoms with Crippen LogP contribution in [0, 0.1) is 0 Å². The monoisotopic (exact) mass is 317 g/mol. The van der Waals surface area contributed by atoms with Crippen LogP contribution in [0.3, 0.4) is 0 Å². The zero-order valence-corrected chi connectivity index (χ0v) is 13.9. The van der Waals surface area contributed by atoms with Gasteiger partial charge in [-0.2, -0.15) is 0 Å². The summed E-state index contributed by atoms with van der Waals surface area (Å²) in [5.74, 6) is 0.0227. The van der Waals surface area contributed by atoms with E-state index in [1.165, 1.54) is 5.56 Å². The summed E-state index contributed by atoms with van der Waals surface area (Å²) in [6, 6.07) is 10.5. The van der Waals surface area contributed by atoms with E-state index in [2.05, 4.69) is 29.7 Å². The van der Waals surface area contributed by atoms with E-state index in [9.17, 15) is 9.59 Å². The van der Waals surface area contributed by atoms with E-state index < -0.39 is 0 Å². The highest BCUT2D eigenvalue weighted by atomic mass is 16.2. The van der Waals surface area contributed by atoms with Gasteiger partial charge in [0.2, 0.25) is 5.91 Å². The minimum Gasteiger partial charge on any atom is -0.354 e. The number of hydrogen-bond donors (Lipinski definition) is 2. The molecule has 1 aliphatic heterocycles. The highest BCUT2D eigenvalue weighted by molar-refractivity contribution is 5.79. The molecule has 126 valence electrons. The largest absolute Gasteiger partial charge is 0.354 e. The number of rotatable bonds is 6. The van der Waals surface area contributed by atoms with Crippen LogP contribution in [0.1, 0.15) is 38.2 Å². The van der Waals surface area contributed by atoms with Crippen molar-refractivity contribution in [3.63, 3.8) is 0 Å². The number of nitrogens with one attached hydrogen (secondary N) is 2. The molecule has 1 aromatic carbocycles. The molecule has 2 N–H and O–H groups in total. The molecule has 1 heterocycles. The zero-order chi connectivity index (χ0) is 16.5. The Balaban J connectivity index is 1.85. The van der Waals surface area contributed by atoms with Crippen molar-refractivity contribution in [2.75, 3.05) is 19.6 Å². The third-order valence-corrected chi connectivity index (χ3v) is 4.19. The predicted octanol–water partition coefficient (Wildman–Crippen LogP) is 2.32. The Morgan fingerprint density at radius 1 is 1.26 bits per heavy atom. The number of aryl methyl sites for hydroxylation is 1. The summed E-state index contributed by atoms with van der Waals surface area (Å²) in [6.07, 6.45) is 4.31. The van der Waals surface area contributed by atoms with Crippen LogP contribution >= 0.6 is 0 Å². The second-order valence-corrected chi connectivity index (χ2v) is 6.05. The summed E-state index contributed by atoms with van der Waals surface area (Å²) in [7, 11) is 0. The van der Waals surface area contributed by atoms with Gasteiger partial charge in [0.05, 0.1) is 0 Å². The summed E-state index contributed by atoms with van der Waals surface area (Å²) >= 11 is 0. The van der Waals surface area contributed by atoms with Crippen LogP contribution in [0.2, 0.25) is 0 Å². The highest BCUT2D eigenvalue weighted by Crippen LogP contribution is 2.10. The van der Waals surface area contributed by atoms with Gasteiger partial charge in [0, 0.05) is 32.1 Å². The van der Waals surface area contributed by atoms with E-state index in [4.69, 9.17) is 0 Å². The minimum atomic E-state index is -0.0481. The fourth-order valence-electron chi connectivity index (χ4n) is 2.86. The van der Waals surface area contributed by atoms with Crippen LogP contribution in [0.15, 0.2) is 30.3 Å². The molecule has 0 aromatic heterocycles. The van der Waals surface area contributed by atoms with Crippen molar-refractivity contribution in [1.82, 2.24) is 15.5 Å². The number of carbonyl (C=O) groups excluding carboxylic acids is 2. The first kappa shape index (κ1) is 17.3. The van der Waals surface area contributed by atoms with Crippen LogP contribution in [-0.4, -0.2) is 42.5 Å².